The Hall–Kier alpha value is -1.30. The molecular weight excluding hydrogens is 325 g/mol. The first kappa shape index (κ1) is 17.1. The number of anilines is 1. The summed E-state index contributed by atoms with van der Waals surface area (Å²) in [6.45, 7) is 1.17. The minimum Gasteiger partial charge on any atom is -0.334 e. The highest BCUT2D eigenvalue weighted by atomic mass is 35.5. The zero-order valence-electron chi connectivity index (χ0n) is 12.6. The number of hydrogen-bond donors (Lipinski definition) is 1. The summed E-state index contributed by atoms with van der Waals surface area (Å²) in [6, 6.07) is 5.16. The summed E-state index contributed by atoms with van der Waals surface area (Å²) >= 11 is 11.8. The molecule has 2 amide bonds. The Labute approximate surface area is 140 Å². The van der Waals surface area contributed by atoms with Crippen molar-refractivity contribution in [2.24, 2.45) is 0 Å². The predicted molar refractivity (Wildman–Crippen MR) is 88.4 cm³/mol. The van der Waals surface area contributed by atoms with Gasteiger partial charge < -0.3 is 15.1 Å². The van der Waals surface area contributed by atoms with Crippen molar-refractivity contribution in [1.29, 1.82) is 0 Å². The van der Waals surface area contributed by atoms with Crippen LogP contribution in [-0.2, 0) is 9.59 Å². The first-order valence-corrected chi connectivity index (χ1v) is 7.86. The molecule has 0 unspecified atom stereocenters. The van der Waals surface area contributed by atoms with Crippen molar-refractivity contribution < 1.29 is 9.59 Å². The molecule has 0 atom stereocenters. The number of nitrogens with zero attached hydrogens (tertiary/aromatic N) is 2. The van der Waals surface area contributed by atoms with Crippen LogP contribution in [0, 0.1) is 0 Å². The molecule has 1 aromatic carbocycles. The molecule has 2 rings (SSSR count). The van der Waals surface area contributed by atoms with Gasteiger partial charge in [-0.3, -0.25) is 9.59 Å². The second-order valence-electron chi connectivity index (χ2n) is 5.57. The Kier molecular flexibility index (Phi) is 5.67. The number of carbonyl (C=O) groups is 2. The molecule has 1 aliphatic heterocycles. The van der Waals surface area contributed by atoms with Crippen LogP contribution in [0.4, 0.5) is 5.69 Å². The molecule has 1 aliphatic rings. The zero-order chi connectivity index (χ0) is 16.3. The number of carbonyl (C=O) groups excluding carboxylic acids is 2. The van der Waals surface area contributed by atoms with E-state index in [1.165, 1.54) is 6.07 Å². The molecule has 1 fully saturated rings. The van der Waals surface area contributed by atoms with Gasteiger partial charge in [-0.25, -0.2) is 0 Å². The topological polar surface area (TPSA) is 52.7 Å². The van der Waals surface area contributed by atoms with E-state index in [2.05, 4.69) is 10.2 Å². The number of nitrogens with one attached hydrogen (secondary N) is 1. The third kappa shape index (κ3) is 4.12. The van der Waals surface area contributed by atoms with Gasteiger partial charge in [0.15, 0.2) is 0 Å². The van der Waals surface area contributed by atoms with E-state index in [0.29, 0.717) is 34.9 Å². The maximum Gasteiger partial charge on any atom is 0.313 e. The fraction of sp³-hybridized carbons (Fsp3) is 0.467. The summed E-state index contributed by atoms with van der Waals surface area (Å²) in [4.78, 5) is 28.0. The van der Waals surface area contributed by atoms with E-state index in [9.17, 15) is 9.59 Å². The van der Waals surface area contributed by atoms with Gasteiger partial charge >= 0.3 is 11.8 Å². The maximum absolute atomic E-state index is 12.2. The molecule has 120 valence electrons. The molecule has 1 aromatic rings. The number of piperidine rings is 1. The quantitative estimate of drug-likeness (QED) is 0.839. The molecule has 0 aliphatic carbocycles. The molecule has 0 radical (unpaired) electrons. The zero-order valence-corrected chi connectivity index (χ0v) is 14.1. The summed E-state index contributed by atoms with van der Waals surface area (Å²) in [7, 11) is 4.05. The summed E-state index contributed by atoms with van der Waals surface area (Å²) in [5.41, 5.74) is 0.382. The highest BCUT2D eigenvalue weighted by Gasteiger charge is 2.28. The second-order valence-corrected chi connectivity index (χ2v) is 6.41. The minimum atomic E-state index is -0.674. The van der Waals surface area contributed by atoms with Crippen LogP contribution in [0.3, 0.4) is 0 Å². The normalized spacial score (nSPS) is 16.0. The Bertz CT molecular complexity index is 570. The third-order valence-electron chi connectivity index (χ3n) is 3.86. The maximum atomic E-state index is 12.2. The van der Waals surface area contributed by atoms with E-state index >= 15 is 0 Å². The average molecular weight is 344 g/mol. The minimum absolute atomic E-state index is 0.306. The first-order chi connectivity index (χ1) is 10.4. The third-order valence-corrected chi connectivity index (χ3v) is 4.40. The molecular formula is C15H19Cl2N3O2. The van der Waals surface area contributed by atoms with Gasteiger partial charge in [0.05, 0.1) is 10.7 Å². The lowest BCUT2D eigenvalue weighted by molar-refractivity contribution is -0.144. The Morgan fingerprint density at radius 2 is 1.86 bits per heavy atom. The summed E-state index contributed by atoms with van der Waals surface area (Å²) in [5, 5.41) is 3.32. The number of halogens is 2. The molecule has 0 spiro atoms. The van der Waals surface area contributed by atoms with Crippen molar-refractivity contribution in [1.82, 2.24) is 9.80 Å². The molecule has 0 saturated carbocycles. The van der Waals surface area contributed by atoms with Crippen LogP contribution in [0.5, 0.6) is 0 Å². The summed E-state index contributed by atoms with van der Waals surface area (Å²) < 4.78 is 0. The van der Waals surface area contributed by atoms with Crippen LogP contribution >= 0.6 is 23.2 Å². The smallest absolute Gasteiger partial charge is 0.313 e. The number of amides is 2. The number of likely N-dealkylation sites (tertiary alicyclic amines) is 1. The van der Waals surface area contributed by atoms with Crippen molar-refractivity contribution in [2.75, 3.05) is 32.5 Å². The van der Waals surface area contributed by atoms with Crippen LogP contribution in [0.2, 0.25) is 10.0 Å². The van der Waals surface area contributed by atoms with Gasteiger partial charge in [-0.05, 0) is 45.1 Å². The number of benzene rings is 1. The van der Waals surface area contributed by atoms with Crippen LogP contribution in [0.1, 0.15) is 12.8 Å². The van der Waals surface area contributed by atoms with E-state index < -0.39 is 11.8 Å². The fourth-order valence-corrected chi connectivity index (χ4v) is 2.95. The van der Waals surface area contributed by atoms with Crippen LogP contribution in [0.15, 0.2) is 18.2 Å². The van der Waals surface area contributed by atoms with Crippen LogP contribution in [-0.4, -0.2) is 54.8 Å². The molecule has 7 heteroatoms. The SMILES string of the molecule is CN(C)C1CCN(C(=O)C(=O)Nc2ccc(Cl)cc2Cl)CC1. The standard InChI is InChI=1S/C15H19Cl2N3O2/c1-19(2)11-5-7-20(8-6-11)15(22)14(21)18-13-4-3-10(16)9-12(13)17/h3-4,9,11H,5-8H2,1-2H3,(H,18,21). The van der Waals surface area contributed by atoms with Gasteiger partial charge in [0.2, 0.25) is 0 Å². The van der Waals surface area contributed by atoms with Crippen molar-refractivity contribution >= 4 is 40.7 Å². The molecule has 5 nitrogen and oxygen atoms in total. The highest BCUT2D eigenvalue weighted by molar-refractivity contribution is 6.42. The van der Waals surface area contributed by atoms with E-state index in [4.69, 9.17) is 23.2 Å². The lowest BCUT2D eigenvalue weighted by atomic mass is 10.0. The monoisotopic (exact) mass is 343 g/mol. The van der Waals surface area contributed by atoms with E-state index in [1.807, 2.05) is 14.1 Å². The van der Waals surface area contributed by atoms with Gasteiger partial charge in [0.25, 0.3) is 0 Å². The van der Waals surface area contributed by atoms with Gasteiger partial charge in [-0.2, -0.15) is 0 Å². The van der Waals surface area contributed by atoms with Crippen molar-refractivity contribution in [3.63, 3.8) is 0 Å². The van der Waals surface area contributed by atoms with E-state index in [0.717, 1.165) is 12.8 Å². The van der Waals surface area contributed by atoms with Crippen LogP contribution < -0.4 is 5.32 Å². The van der Waals surface area contributed by atoms with Crippen molar-refractivity contribution in [3.8, 4) is 0 Å². The summed E-state index contributed by atoms with van der Waals surface area (Å²) in [5.74, 6) is -1.20. The molecule has 1 heterocycles. The lowest BCUT2D eigenvalue weighted by Crippen LogP contribution is -2.47. The van der Waals surface area contributed by atoms with Crippen molar-refractivity contribution in [2.45, 2.75) is 18.9 Å². The molecule has 0 aromatic heterocycles. The molecule has 0 bridgehead atoms. The Morgan fingerprint density at radius 1 is 1.23 bits per heavy atom. The van der Waals surface area contributed by atoms with Gasteiger partial charge in [0.1, 0.15) is 0 Å². The Morgan fingerprint density at radius 3 is 2.41 bits per heavy atom. The Balaban J connectivity index is 1.94. The van der Waals surface area contributed by atoms with E-state index in [-0.39, 0.29) is 0 Å². The predicted octanol–water partition coefficient (Wildman–Crippen LogP) is 2.48. The first-order valence-electron chi connectivity index (χ1n) is 7.10. The number of rotatable bonds is 2. The van der Waals surface area contributed by atoms with Gasteiger partial charge in [-0.1, -0.05) is 23.2 Å². The molecule has 1 N–H and O–H groups in total. The van der Waals surface area contributed by atoms with Crippen LogP contribution in [0.25, 0.3) is 0 Å². The largest absolute Gasteiger partial charge is 0.334 e. The average Bonchev–Trinajstić information content (AvgIpc) is 2.49. The van der Waals surface area contributed by atoms with Gasteiger partial charge in [0, 0.05) is 24.2 Å². The lowest BCUT2D eigenvalue weighted by Gasteiger charge is -2.34. The second kappa shape index (κ2) is 7.31. The van der Waals surface area contributed by atoms with Crippen molar-refractivity contribution in [3.05, 3.63) is 28.2 Å². The van der Waals surface area contributed by atoms with Gasteiger partial charge in [-0.15, -0.1) is 0 Å². The highest BCUT2D eigenvalue weighted by Crippen LogP contribution is 2.25. The fourth-order valence-electron chi connectivity index (χ4n) is 2.50. The molecule has 1 saturated heterocycles. The number of hydrogen-bond acceptors (Lipinski definition) is 3. The molecule has 22 heavy (non-hydrogen) atoms. The van der Waals surface area contributed by atoms with E-state index in [1.54, 1.807) is 17.0 Å². The summed E-state index contributed by atoms with van der Waals surface area (Å²) in [6.07, 6.45) is 1.74.